The molecule has 0 fully saturated rings. The van der Waals surface area contributed by atoms with Crippen LogP contribution in [0.2, 0.25) is 0 Å². The summed E-state index contributed by atoms with van der Waals surface area (Å²) >= 11 is 0. The molecule has 0 saturated heterocycles. The molecule has 0 amide bonds. The molecule has 0 atom stereocenters. The highest BCUT2D eigenvalue weighted by Crippen LogP contribution is 2.25. The van der Waals surface area contributed by atoms with Crippen molar-refractivity contribution in [3.8, 4) is 11.3 Å². The second-order valence-electron chi connectivity index (χ2n) is 4.14. The molecule has 1 heterocycles. The maximum Gasteiger partial charge on any atom is 0.150 e. The average Bonchev–Trinajstić information content (AvgIpc) is 2.38. The third-order valence-corrected chi connectivity index (χ3v) is 2.84. The minimum Gasteiger partial charge on any atom is -0.399 e. The number of pyridine rings is 1. The number of aromatic nitrogens is 1. The SMILES string of the molecule is Nc1cccc(-c2nc3ccccc3cc2F)c1. The molecule has 0 saturated carbocycles. The monoisotopic (exact) mass is 238 g/mol. The number of anilines is 1. The van der Waals surface area contributed by atoms with Crippen LogP contribution in [0.4, 0.5) is 10.1 Å². The number of fused-ring (bicyclic) bond motifs is 1. The van der Waals surface area contributed by atoms with Gasteiger partial charge in [-0.15, -0.1) is 0 Å². The molecule has 0 aliphatic rings. The van der Waals surface area contributed by atoms with Gasteiger partial charge in [-0.1, -0.05) is 30.3 Å². The van der Waals surface area contributed by atoms with E-state index in [9.17, 15) is 4.39 Å². The molecule has 1 aromatic heterocycles. The zero-order valence-electron chi connectivity index (χ0n) is 9.60. The van der Waals surface area contributed by atoms with Crippen molar-refractivity contribution in [2.24, 2.45) is 0 Å². The molecular formula is C15H11FN2. The van der Waals surface area contributed by atoms with Crippen LogP contribution in [0.25, 0.3) is 22.2 Å². The summed E-state index contributed by atoms with van der Waals surface area (Å²) in [5, 5.41) is 0.794. The Morgan fingerprint density at radius 3 is 2.61 bits per heavy atom. The summed E-state index contributed by atoms with van der Waals surface area (Å²) in [5.41, 5.74) is 8.11. The summed E-state index contributed by atoms with van der Waals surface area (Å²) < 4.78 is 14.0. The lowest BCUT2D eigenvalue weighted by atomic mass is 10.1. The van der Waals surface area contributed by atoms with Gasteiger partial charge in [-0.2, -0.15) is 0 Å². The average molecular weight is 238 g/mol. The van der Waals surface area contributed by atoms with Gasteiger partial charge in [-0.05, 0) is 24.3 Å². The summed E-state index contributed by atoms with van der Waals surface area (Å²) in [6.07, 6.45) is 0. The van der Waals surface area contributed by atoms with Crippen molar-refractivity contribution in [1.29, 1.82) is 0 Å². The van der Waals surface area contributed by atoms with Crippen molar-refractivity contribution in [3.05, 3.63) is 60.4 Å². The zero-order chi connectivity index (χ0) is 12.5. The van der Waals surface area contributed by atoms with Crippen LogP contribution < -0.4 is 5.73 Å². The predicted octanol–water partition coefficient (Wildman–Crippen LogP) is 3.62. The van der Waals surface area contributed by atoms with Crippen LogP contribution in [0.1, 0.15) is 0 Å². The largest absolute Gasteiger partial charge is 0.399 e. The molecule has 0 radical (unpaired) electrons. The van der Waals surface area contributed by atoms with Gasteiger partial charge in [0.15, 0.2) is 0 Å². The second-order valence-corrected chi connectivity index (χ2v) is 4.14. The zero-order valence-corrected chi connectivity index (χ0v) is 9.60. The Kier molecular flexibility index (Phi) is 2.45. The van der Waals surface area contributed by atoms with Crippen molar-refractivity contribution in [2.45, 2.75) is 0 Å². The molecule has 18 heavy (non-hydrogen) atoms. The van der Waals surface area contributed by atoms with Crippen LogP contribution in [-0.4, -0.2) is 4.98 Å². The number of rotatable bonds is 1. The Morgan fingerprint density at radius 2 is 1.78 bits per heavy atom. The fraction of sp³-hybridized carbons (Fsp3) is 0. The standard InChI is InChI=1S/C15H11FN2/c16-13-9-10-4-1-2-7-14(10)18-15(13)11-5-3-6-12(17)8-11/h1-9H,17H2. The van der Waals surface area contributed by atoms with E-state index in [1.807, 2.05) is 24.3 Å². The summed E-state index contributed by atoms with van der Waals surface area (Å²) in [4.78, 5) is 4.36. The van der Waals surface area contributed by atoms with Crippen molar-refractivity contribution < 1.29 is 4.39 Å². The van der Waals surface area contributed by atoms with Crippen molar-refractivity contribution >= 4 is 16.6 Å². The smallest absolute Gasteiger partial charge is 0.150 e. The van der Waals surface area contributed by atoms with E-state index in [1.54, 1.807) is 24.3 Å². The number of nitrogen functional groups attached to an aromatic ring is 1. The van der Waals surface area contributed by atoms with E-state index >= 15 is 0 Å². The Balaban J connectivity index is 2.26. The third kappa shape index (κ3) is 1.80. The summed E-state index contributed by atoms with van der Waals surface area (Å²) in [6, 6.07) is 16.0. The Morgan fingerprint density at radius 1 is 0.944 bits per heavy atom. The molecule has 2 aromatic carbocycles. The quantitative estimate of drug-likeness (QED) is 0.657. The lowest BCUT2D eigenvalue weighted by Gasteiger charge is -2.05. The molecule has 3 aromatic rings. The Labute approximate surface area is 104 Å². The van der Waals surface area contributed by atoms with E-state index in [0.29, 0.717) is 16.9 Å². The van der Waals surface area contributed by atoms with Gasteiger partial charge >= 0.3 is 0 Å². The van der Waals surface area contributed by atoms with E-state index in [-0.39, 0.29) is 5.82 Å². The van der Waals surface area contributed by atoms with Gasteiger partial charge in [-0.3, -0.25) is 0 Å². The van der Waals surface area contributed by atoms with Crippen LogP contribution >= 0.6 is 0 Å². The van der Waals surface area contributed by atoms with Gasteiger partial charge in [0.2, 0.25) is 0 Å². The third-order valence-electron chi connectivity index (χ3n) is 2.84. The first-order chi connectivity index (χ1) is 8.74. The van der Waals surface area contributed by atoms with Crippen LogP contribution in [0.15, 0.2) is 54.6 Å². The van der Waals surface area contributed by atoms with Crippen molar-refractivity contribution in [1.82, 2.24) is 4.98 Å². The number of para-hydroxylation sites is 1. The summed E-state index contributed by atoms with van der Waals surface area (Å²) in [6.45, 7) is 0. The minimum absolute atomic E-state index is 0.334. The molecule has 0 aliphatic carbocycles. The summed E-state index contributed by atoms with van der Waals surface area (Å²) in [5.74, 6) is -0.334. The van der Waals surface area contributed by atoms with Gasteiger partial charge in [-0.25, -0.2) is 9.37 Å². The molecule has 3 rings (SSSR count). The maximum atomic E-state index is 14.0. The molecule has 0 aliphatic heterocycles. The maximum absolute atomic E-state index is 14.0. The number of hydrogen-bond donors (Lipinski definition) is 1. The number of hydrogen-bond acceptors (Lipinski definition) is 2. The highest BCUT2D eigenvalue weighted by Gasteiger charge is 2.08. The first-order valence-electron chi connectivity index (χ1n) is 5.65. The van der Waals surface area contributed by atoms with Crippen LogP contribution in [-0.2, 0) is 0 Å². The molecule has 2 N–H and O–H groups in total. The summed E-state index contributed by atoms with van der Waals surface area (Å²) in [7, 11) is 0. The van der Waals surface area contributed by atoms with E-state index in [2.05, 4.69) is 4.98 Å². The van der Waals surface area contributed by atoms with Gasteiger partial charge in [0.25, 0.3) is 0 Å². The first kappa shape index (κ1) is 10.7. The number of halogens is 1. The topological polar surface area (TPSA) is 38.9 Å². The predicted molar refractivity (Wildman–Crippen MR) is 71.5 cm³/mol. The lowest BCUT2D eigenvalue weighted by molar-refractivity contribution is 0.628. The van der Waals surface area contributed by atoms with Gasteiger partial charge in [0, 0.05) is 16.6 Å². The van der Waals surface area contributed by atoms with Crippen LogP contribution in [0.5, 0.6) is 0 Å². The van der Waals surface area contributed by atoms with E-state index < -0.39 is 0 Å². The highest BCUT2D eigenvalue weighted by molar-refractivity contribution is 5.82. The normalized spacial score (nSPS) is 10.7. The molecule has 88 valence electrons. The van der Waals surface area contributed by atoms with Crippen molar-refractivity contribution in [2.75, 3.05) is 5.73 Å². The first-order valence-corrected chi connectivity index (χ1v) is 5.65. The Hall–Kier alpha value is -2.42. The molecular weight excluding hydrogens is 227 g/mol. The molecule has 3 heteroatoms. The molecule has 0 bridgehead atoms. The number of benzene rings is 2. The Bertz CT molecular complexity index is 723. The molecule has 0 spiro atoms. The molecule has 2 nitrogen and oxygen atoms in total. The van der Waals surface area contributed by atoms with Crippen molar-refractivity contribution in [3.63, 3.8) is 0 Å². The van der Waals surface area contributed by atoms with Gasteiger partial charge in [0.1, 0.15) is 11.5 Å². The van der Waals surface area contributed by atoms with E-state index in [4.69, 9.17) is 5.73 Å². The number of nitrogens with zero attached hydrogens (tertiary/aromatic N) is 1. The van der Waals surface area contributed by atoms with E-state index in [0.717, 1.165) is 10.9 Å². The highest BCUT2D eigenvalue weighted by atomic mass is 19.1. The van der Waals surface area contributed by atoms with Crippen LogP contribution in [0, 0.1) is 5.82 Å². The van der Waals surface area contributed by atoms with Gasteiger partial charge in [0.05, 0.1) is 5.52 Å². The van der Waals surface area contributed by atoms with Gasteiger partial charge < -0.3 is 5.73 Å². The molecule has 0 unspecified atom stereocenters. The minimum atomic E-state index is -0.334. The van der Waals surface area contributed by atoms with E-state index in [1.165, 1.54) is 6.07 Å². The second kappa shape index (κ2) is 4.11. The van der Waals surface area contributed by atoms with Crippen LogP contribution in [0.3, 0.4) is 0 Å². The number of nitrogens with two attached hydrogens (primary N) is 1. The fourth-order valence-electron chi connectivity index (χ4n) is 1.98. The lowest BCUT2D eigenvalue weighted by Crippen LogP contribution is -1.92. The fourth-order valence-corrected chi connectivity index (χ4v) is 1.98.